The number of nitrogens with one attached hydrogen (secondary N) is 1. The van der Waals surface area contributed by atoms with Crippen LogP contribution in [0.1, 0.15) is 0 Å². The summed E-state index contributed by atoms with van der Waals surface area (Å²) in [5.41, 5.74) is 0. The van der Waals surface area contributed by atoms with E-state index in [9.17, 15) is 0 Å². The Balaban J connectivity index is 2.26. The lowest BCUT2D eigenvalue weighted by molar-refractivity contribution is 0.898. The molecule has 0 aromatic carbocycles. The molecule has 0 aliphatic carbocycles. The number of rotatable bonds is 0. The lowest BCUT2D eigenvalue weighted by atomic mass is 10.7. The van der Waals surface area contributed by atoms with Crippen molar-refractivity contribution >= 4 is 11.8 Å². The average Bonchev–Trinajstić information content (AvgIpc) is 1.72. The Morgan fingerprint density at radius 3 is 3.00 bits per heavy atom. The van der Waals surface area contributed by atoms with Crippen molar-refractivity contribution in [1.29, 1.82) is 0 Å². The van der Waals surface area contributed by atoms with Gasteiger partial charge < -0.3 is 5.32 Å². The second-order valence-corrected chi connectivity index (χ2v) is 2.04. The minimum absolute atomic E-state index is 1.07. The predicted molar refractivity (Wildman–Crippen MR) is 28.3 cm³/mol. The van der Waals surface area contributed by atoms with Crippen molar-refractivity contribution < 1.29 is 0 Å². The van der Waals surface area contributed by atoms with Gasteiger partial charge in [0.25, 0.3) is 0 Å². The molecule has 1 nitrogen and oxygen atoms in total. The predicted octanol–water partition coefficient (Wildman–Crippen LogP) is 0.597. The largest absolute Gasteiger partial charge is 0.382 e. The average molecular weight is 100 g/mol. The van der Waals surface area contributed by atoms with Crippen LogP contribution in [0.3, 0.4) is 0 Å². The first-order chi connectivity index (χ1) is 3.00. The molecule has 0 spiro atoms. The molecule has 1 aliphatic heterocycles. The van der Waals surface area contributed by atoms with E-state index in [0.29, 0.717) is 0 Å². The zero-order valence-corrected chi connectivity index (χ0v) is 4.22. The summed E-state index contributed by atoms with van der Waals surface area (Å²) >= 11 is 1.80. The van der Waals surface area contributed by atoms with Crippen LogP contribution in [0.4, 0.5) is 0 Å². The van der Waals surface area contributed by atoms with E-state index in [4.69, 9.17) is 0 Å². The lowest BCUT2D eigenvalue weighted by Crippen LogP contribution is -2.12. The van der Waals surface area contributed by atoms with Crippen molar-refractivity contribution in [3.8, 4) is 0 Å². The van der Waals surface area contributed by atoms with Crippen LogP contribution >= 0.6 is 11.8 Å². The van der Waals surface area contributed by atoms with Crippen molar-refractivity contribution in [2.75, 3.05) is 12.3 Å². The van der Waals surface area contributed by atoms with Crippen LogP contribution in [0.2, 0.25) is 0 Å². The lowest BCUT2D eigenvalue weighted by Gasteiger charge is -2.00. The molecule has 0 unspecified atom stereocenters. The molecule has 0 aromatic heterocycles. The Labute approximate surface area is 41.8 Å². The van der Waals surface area contributed by atoms with Gasteiger partial charge >= 0.3 is 0 Å². The molecule has 1 N–H and O–H groups in total. The Bertz CT molecular complexity index is 52.6. The fourth-order valence-corrected chi connectivity index (χ4v) is 0.829. The van der Waals surface area contributed by atoms with Gasteiger partial charge in [0.2, 0.25) is 0 Å². The van der Waals surface area contributed by atoms with E-state index < -0.39 is 0 Å². The van der Waals surface area contributed by atoms with Crippen LogP contribution in [-0.4, -0.2) is 12.3 Å². The van der Waals surface area contributed by atoms with Crippen molar-refractivity contribution in [2.45, 2.75) is 0 Å². The molecule has 6 heavy (non-hydrogen) atoms. The van der Waals surface area contributed by atoms with Gasteiger partial charge in [-0.05, 0) is 5.41 Å². The second kappa shape index (κ2) is 2.13. The zero-order valence-electron chi connectivity index (χ0n) is 3.40. The molecule has 1 heterocycles. The van der Waals surface area contributed by atoms with E-state index in [1.54, 1.807) is 11.8 Å². The van der Waals surface area contributed by atoms with E-state index >= 15 is 0 Å². The molecular formula is C4H6NS. The van der Waals surface area contributed by atoms with Crippen LogP contribution < -0.4 is 5.32 Å². The minimum Gasteiger partial charge on any atom is -0.382 e. The van der Waals surface area contributed by atoms with Crippen molar-refractivity contribution in [1.82, 2.24) is 5.32 Å². The van der Waals surface area contributed by atoms with Crippen LogP contribution in [0.5, 0.6) is 0 Å². The van der Waals surface area contributed by atoms with E-state index in [1.165, 1.54) is 5.75 Å². The molecule has 2 heteroatoms. The van der Waals surface area contributed by atoms with E-state index in [0.717, 1.165) is 6.54 Å². The summed E-state index contributed by atoms with van der Waals surface area (Å²) in [6.45, 7) is 1.07. The van der Waals surface area contributed by atoms with Gasteiger partial charge in [-0.2, -0.15) is 0 Å². The molecule has 0 atom stereocenters. The minimum atomic E-state index is 1.07. The normalized spacial score (nSPS) is 20.0. The molecular weight excluding hydrogens is 94.1 g/mol. The van der Waals surface area contributed by atoms with E-state index in [2.05, 4.69) is 11.5 Å². The number of hydrogen-bond acceptors (Lipinski definition) is 2. The fourth-order valence-electron chi connectivity index (χ4n) is 0.324. The molecule has 0 saturated carbocycles. The molecule has 33 valence electrons. The van der Waals surface area contributed by atoms with Crippen LogP contribution in [0.25, 0.3) is 0 Å². The summed E-state index contributed by atoms with van der Waals surface area (Å²) < 4.78 is 0. The van der Waals surface area contributed by atoms with Gasteiger partial charge in [0.05, 0.1) is 6.20 Å². The smallest absolute Gasteiger partial charge is 0.0645 e. The van der Waals surface area contributed by atoms with Crippen molar-refractivity contribution in [3.63, 3.8) is 0 Å². The van der Waals surface area contributed by atoms with E-state index in [-0.39, 0.29) is 0 Å². The SMILES string of the molecule is [C]1=CSCCN1. The first-order valence-electron chi connectivity index (χ1n) is 1.92. The first kappa shape index (κ1) is 4.06. The highest BCUT2D eigenvalue weighted by Gasteiger charge is 1.85. The van der Waals surface area contributed by atoms with Crippen LogP contribution in [-0.2, 0) is 0 Å². The van der Waals surface area contributed by atoms with Gasteiger partial charge in [-0.25, -0.2) is 0 Å². The maximum atomic E-state index is 2.96. The van der Waals surface area contributed by atoms with Crippen molar-refractivity contribution in [2.24, 2.45) is 0 Å². The Hall–Kier alpha value is -0.110. The van der Waals surface area contributed by atoms with Gasteiger partial charge in [0.15, 0.2) is 0 Å². The quantitative estimate of drug-likeness (QED) is 0.478. The monoisotopic (exact) mass is 100 g/mol. The van der Waals surface area contributed by atoms with Crippen LogP contribution in [0, 0.1) is 6.20 Å². The number of thioether (sulfide) groups is 1. The Kier molecular flexibility index (Phi) is 1.44. The molecule has 1 radical (unpaired) electrons. The molecule has 0 fully saturated rings. The van der Waals surface area contributed by atoms with Crippen molar-refractivity contribution in [3.05, 3.63) is 11.6 Å². The summed E-state index contributed by atoms with van der Waals surface area (Å²) in [7, 11) is 0. The second-order valence-electron chi connectivity index (χ2n) is 1.06. The fraction of sp³-hybridized carbons (Fsp3) is 0.500. The highest BCUT2D eigenvalue weighted by molar-refractivity contribution is 8.02. The Morgan fingerprint density at radius 2 is 2.83 bits per heavy atom. The third-order valence-corrected chi connectivity index (χ3v) is 1.31. The molecule has 0 saturated heterocycles. The summed E-state index contributed by atoms with van der Waals surface area (Å²) in [5.74, 6) is 1.19. The van der Waals surface area contributed by atoms with E-state index in [1.807, 2.05) is 5.41 Å². The van der Waals surface area contributed by atoms with Gasteiger partial charge in [-0.15, -0.1) is 11.8 Å². The zero-order chi connectivity index (χ0) is 4.24. The highest BCUT2D eigenvalue weighted by Crippen LogP contribution is 2.01. The van der Waals surface area contributed by atoms with Gasteiger partial charge in [0, 0.05) is 12.3 Å². The molecule has 1 rings (SSSR count). The van der Waals surface area contributed by atoms with Gasteiger partial charge in [0.1, 0.15) is 0 Å². The Morgan fingerprint density at radius 1 is 1.83 bits per heavy atom. The third kappa shape index (κ3) is 0.937. The number of hydrogen-bond donors (Lipinski definition) is 1. The van der Waals surface area contributed by atoms with Crippen LogP contribution in [0.15, 0.2) is 5.41 Å². The van der Waals surface area contributed by atoms with Gasteiger partial charge in [-0.3, -0.25) is 0 Å². The maximum absolute atomic E-state index is 2.96. The maximum Gasteiger partial charge on any atom is 0.0645 e. The molecule has 0 bridgehead atoms. The summed E-state index contributed by atoms with van der Waals surface area (Å²) in [4.78, 5) is 0. The summed E-state index contributed by atoms with van der Waals surface area (Å²) in [5, 5.41) is 4.91. The first-order valence-corrected chi connectivity index (χ1v) is 2.97. The van der Waals surface area contributed by atoms with Gasteiger partial charge in [-0.1, -0.05) is 0 Å². The topological polar surface area (TPSA) is 12.0 Å². The highest BCUT2D eigenvalue weighted by atomic mass is 32.2. The third-order valence-electron chi connectivity index (χ3n) is 0.589. The molecule has 0 amide bonds. The summed E-state index contributed by atoms with van der Waals surface area (Å²) in [6, 6.07) is 0. The standard InChI is InChI=1S/C4H6NS/c1-3-6-4-2-5-1/h4-5H,1,3H2. The summed E-state index contributed by atoms with van der Waals surface area (Å²) in [6.07, 6.45) is 2.87. The molecule has 1 aliphatic rings. The molecule has 0 aromatic rings.